The molecular formula is C20H24S. The van der Waals surface area contributed by atoms with Gasteiger partial charge in [-0.2, -0.15) is 11.3 Å². The van der Waals surface area contributed by atoms with E-state index in [0.29, 0.717) is 0 Å². The minimum atomic E-state index is 1.04. The van der Waals surface area contributed by atoms with E-state index in [4.69, 9.17) is 0 Å². The molecular weight excluding hydrogens is 272 g/mol. The van der Waals surface area contributed by atoms with Crippen molar-refractivity contribution in [1.29, 1.82) is 0 Å². The third-order valence-corrected chi connectivity index (χ3v) is 3.91. The molecule has 1 heteroatoms. The molecule has 1 aromatic carbocycles. The summed E-state index contributed by atoms with van der Waals surface area (Å²) < 4.78 is 0. The predicted molar refractivity (Wildman–Crippen MR) is 98.7 cm³/mol. The van der Waals surface area contributed by atoms with Crippen molar-refractivity contribution in [2.75, 3.05) is 0 Å². The number of hydrogen-bond acceptors (Lipinski definition) is 1. The molecule has 0 saturated carbocycles. The minimum absolute atomic E-state index is 1.04. The number of aryl methyl sites for hydroxylation is 1. The summed E-state index contributed by atoms with van der Waals surface area (Å²) in [5.74, 6) is 0. The second-order valence-electron chi connectivity index (χ2n) is 4.66. The molecule has 0 saturated heterocycles. The molecule has 0 aliphatic carbocycles. The Hall–Kier alpha value is -1.86. The second kappa shape index (κ2) is 8.43. The van der Waals surface area contributed by atoms with Crippen molar-refractivity contribution < 1.29 is 0 Å². The molecule has 0 nitrogen and oxygen atoms in total. The summed E-state index contributed by atoms with van der Waals surface area (Å²) in [6.07, 6.45) is 2.11. The monoisotopic (exact) mass is 296 g/mol. The number of hydrogen-bond donors (Lipinski definition) is 0. The number of benzene rings is 1. The fourth-order valence-electron chi connectivity index (χ4n) is 2.00. The summed E-state index contributed by atoms with van der Waals surface area (Å²) in [6.45, 7) is 16.5. The number of rotatable bonds is 4. The topological polar surface area (TPSA) is 0 Å². The first-order chi connectivity index (χ1) is 10.1. The zero-order valence-corrected chi connectivity index (χ0v) is 14.3. The zero-order chi connectivity index (χ0) is 15.8. The van der Waals surface area contributed by atoms with Crippen LogP contribution in [0.15, 0.2) is 65.9 Å². The maximum atomic E-state index is 4.21. The van der Waals surface area contributed by atoms with Crippen molar-refractivity contribution in [2.24, 2.45) is 0 Å². The van der Waals surface area contributed by atoms with Gasteiger partial charge < -0.3 is 0 Å². The minimum Gasteiger partial charge on any atom is -0.152 e. The van der Waals surface area contributed by atoms with Crippen molar-refractivity contribution >= 4 is 22.5 Å². The summed E-state index contributed by atoms with van der Waals surface area (Å²) in [5, 5.41) is 4.18. The van der Waals surface area contributed by atoms with Crippen molar-refractivity contribution in [3.8, 4) is 0 Å². The molecule has 2 aromatic rings. The summed E-state index contributed by atoms with van der Waals surface area (Å²) in [5.41, 5.74) is 6.89. The van der Waals surface area contributed by atoms with Crippen LogP contribution in [0.25, 0.3) is 11.1 Å². The average Bonchev–Trinajstić information content (AvgIpc) is 3.03. The standard InChI is InChI=1S/C18H18S.C2H6/c1-13-7-5-6-8-18(13)16(4)14(2)11-15(3)17-9-10-19-12-17;1-2/h5-12H,3-4H2,1-2H3;1-2H3/b14-11+;. The Bertz CT molecular complexity index is 628. The van der Waals surface area contributed by atoms with Crippen LogP contribution < -0.4 is 0 Å². The van der Waals surface area contributed by atoms with Crippen LogP contribution in [-0.4, -0.2) is 0 Å². The fraction of sp³-hybridized carbons (Fsp3) is 0.200. The van der Waals surface area contributed by atoms with E-state index < -0.39 is 0 Å². The highest BCUT2D eigenvalue weighted by molar-refractivity contribution is 7.08. The highest BCUT2D eigenvalue weighted by atomic mass is 32.1. The van der Waals surface area contributed by atoms with Gasteiger partial charge >= 0.3 is 0 Å². The zero-order valence-electron chi connectivity index (χ0n) is 13.4. The van der Waals surface area contributed by atoms with Crippen LogP contribution in [0.4, 0.5) is 0 Å². The third kappa shape index (κ3) is 4.57. The van der Waals surface area contributed by atoms with E-state index in [2.05, 4.69) is 74.2 Å². The third-order valence-electron chi connectivity index (χ3n) is 3.23. The highest BCUT2D eigenvalue weighted by Gasteiger charge is 2.05. The summed E-state index contributed by atoms with van der Waals surface area (Å²) in [6, 6.07) is 10.4. The van der Waals surface area contributed by atoms with Gasteiger partial charge in [0.1, 0.15) is 0 Å². The van der Waals surface area contributed by atoms with Crippen molar-refractivity contribution in [3.63, 3.8) is 0 Å². The van der Waals surface area contributed by atoms with E-state index in [1.165, 1.54) is 16.7 Å². The molecule has 0 aliphatic rings. The molecule has 0 amide bonds. The Kier molecular flexibility index (Phi) is 6.90. The summed E-state index contributed by atoms with van der Waals surface area (Å²) in [4.78, 5) is 0. The summed E-state index contributed by atoms with van der Waals surface area (Å²) in [7, 11) is 0. The van der Waals surface area contributed by atoms with Crippen LogP contribution in [0.1, 0.15) is 37.5 Å². The Morgan fingerprint density at radius 2 is 1.76 bits per heavy atom. The van der Waals surface area contributed by atoms with Gasteiger partial charge in [-0.15, -0.1) is 0 Å². The van der Waals surface area contributed by atoms with Crippen molar-refractivity contribution in [3.05, 3.63) is 82.6 Å². The normalized spacial score (nSPS) is 10.6. The van der Waals surface area contributed by atoms with Gasteiger partial charge in [0.2, 0.25) is 0 Å². The lowest BCUT2D eigenvalue weighted by Crippen LogP contribution is -1.89. The molecule has 0 unspecified atom stereocenters. The first kappa shape index (κ1) is 17.2. The molecule has 0 bridgehead atoms. The van der Waals surface area contributed by atoms with Gasteiger partial charge in [-0.25, -0.2) is 0 Å². The largest absolute Gasteiger partial charge is 0.152 e. The molecule has 0 radical (unpaired) electrons. The van der Waals surface area contributed by atoms with Gasteiger partial charge in [-0.05, 0) is 64.1 Å². The van der Waals surface area contributed by atoms with Crippen LogP contribution in [0, 0.1) is 6.92 Å². The van der Waals surface area contributed by atoms with E-state index in [1.807, 2.05) is 13.8 Å². The van der Waals surface area contributed by atoms with E-state index >= 15 is 0 Å². The molecule has 1 heterocycles. The Labute approximate surface area is 133 Å². The van der Waals surface area contributed by atoms with E-state index in [0.717, 1.165) is 16.7 Å². The molecule has 0 aliphatic heterocycles. The lowest BCUT2D eigenvalue weighted by Gasteiger charge is -2.10. The van der Waals surface area contributed by atoms with Crippen LogP contribution in [0.3, 0.4) is 0 Å². The second-order valence-corrected chi connectivity index (χ2v) is 5.44. The quantitative estimate of drug-likeness (QED) is 0.547. The van der Waals surface area contributed by atoms with Gasteiger partial charge in [0.05, 0.1) is 0 Å². The molecule has 0 spiro atoms. The molecule has 0 N–H and O–H groups in total. The van der Waals surface area contributed by atoms with Crippen LogP contribution in [0.2, 0.25) is 0 Å². The van der Waals surface area contributed by atoms with E-state index in [-0.39, 0.29) is 0 Å². The predicted octanol–water partition coefficient (Wildman–Crippen LogP) is 6.76. The maximum Gasteiger partial charge on any atom is -0.00149 e. The maximum absolute atomic E-state index is 4.21. The van der Waals surface area contributed by atoms with Gasteiger partial charge in [-0.1, -0.05) is 57.3 Å². The van der Waals surface area contributed by atoms with E-state index in [1.54, 1.807) is 11.3 Å². The molecule has 1 aromatic heterocycles. The van der Waals surface area contributed by atoms with Crippen LogP contribution >= 0.6 is 11.3 Å². The van der Waals surface area contributed by atoms with Gasteiger partial charge in [0.15, 0.2) is 0 Å². The van der Waals surface area contributed by atoms with Crippen molar-refractivity contribution in [2.45, 2.75) is 27.7 Å². The molecule has 0 atom stereocenters. The Morgan fingerprint density at radius 3 is 2.33 bits per heavy atom. The molecule has 21 heavy (non-hydrogen) atoms. The number of allylic oxidation sites excluding steroid dienone is 4. The fourth-order valence-corrected chi connectivity index (χ4v) is 2.68. The lowest BCUT2D eigenvalue weighted by atomic mass is 9.95. The smallest absolute Gasteiger partial charge is 0.00149 e. The van der Waals surface area contributed by atoms with Gasteiger partial charge in [0, 0.05) is 0 Å². The molecule has 2 rings (SSSR count). The van der Waals surface area contributed by atoms with Crippen LogP contribution in [-0.2, 0) is 0 Å². The van der Waals surface area contributed by atoms with Gasteiger partial charge in [-0.3, -0.25) is 0 Å². The van der Waals surface area contributed by atoms with Crippen molar-refractivity contribution in [1.82, 2.24) is 0 Å². The van der Waals surface area contributed by atoms with Crippen LogP contribution in [0.5, 0.6) is 0 Å². The first-order valence-corrected chi connectivity index (χ1v) is 8.19. The Morgan fingerprint density at radius 1 is 1.10 bits per heavy atom. The SMILES string of the molecule is C=C(/C=C(\C)C(=C)c1ccccc1C)c1ccsc1.CC. The number of thiophene rings is 1. The molecule has 110 valence electrons. The van der Waals surface area contributed by atoms with E-state index in [9.17, 15) is 0 Å². The Balaban J connectivity index is 0.00000106. The first-order valence-electron chi connectivity index (χ1n) is 7.24. The summed E-state index contributed by atoms with van der Waals surface area (Å²) >= 11 is 1.69. The molecule has 0 fully saturated rings. The highest BCUT2D eigenvalue weighted by Crippen LogP contribution is 2.27. The lowest BCUT2D eigenvalue weighted by molar-refractivity contribution is 1.40. The average molecular weight is 296 g/mol. The van der Waals surface area contributed by atoms with Gasteiger partial charge in [0.25, 0.3) is 0 Å².